The molecule has 2 heterocycles. The van der Waals surface area contributed by atoms with Crippen molar-refractivity contribution in [2.75, 3.05) is 53.0 Å². The largest absolute Gasteiger partial charge is 0.383 e. The normalized spacial score (nSPS) is 24.3. The zero-order valence-corrected chi connectivity index (χ0v) is 14.1. The molecule has 4 nitrogen and oxygen atoms in total. The molecule has 1 unspecified atom stereocenters. The van der Waals surface area contributed by atoms with Crippen LogP contribution in [0.1, 0.15) is 45.4 Å². The summed E-state index contributed by atoms with van der Waals surface area (Å²) in [5, 5.41) is 3.62. The molecule has 0 aliphatic carbocycles. The lowest BCUT2D eigenvalue weighted by Crippen LogP contribution is -2.50. The first-order valence-electron chi connectivity index (χ1n) is 9.02. The number of likely N-dealkylation sites (tertiary alicyclic amines) is 2. The fourth-order valence-electron chi connectivity index (χ4n) is 3.79. The maximum atomic E-state index is 5.36. The van der Waals surface area contributed by atoms with Crippen LogP contribution < -0.4 is 5.32 Å². The van der Waals surface area contributed by atoms with Crippen molar-refractivity contribution in [1.82, 2.24) is 15.1 Å². The number of rotatable bonds is 8. The number of methoxy groups -OCH3 is 1. The topological polar surface area (TPSA) is 27.7 Å². The van der Waals surface area contributed by atoms with Gasteiger partial charge in [0.15, 0.2) is 0 Å². The number of hydrogen-bond acceptors (Lipinski definition) is 4. The Kier molecular flexibility index (Phi) is 8.01. The number of nitrogens with one attached hydrogen (secondary N) is 1. The minimum absolute atomic E-state index is 0.487. The molecule has 0 aromatic heterocycles. The average Bonchev–Trinajstić information content (AvgIpc) is 2.54. The second kappa shape index (κ2) is 9.78. The highest BCUT2D eigenvalue weighted by Crippen LogP contribution is 2.20. The lowest BCUT2D eigenvalue weighted by atomic mass is 9.99. The van der Waals surface area contributed by atoms with E-state index in [9.17, 15) is 0 Å². The van der Waals surface area contributed by atoms with Gasteiger partial charge in [-0.1, -0.05) is 13.3 Å². The second-order valence-electron chi connectivity index (χ2n) is 6.73. The highest BCUT2D eigenvalue weighted by molar-refractivity contribution is 4.83. The van der Waals surface area contributed by atoms with Crippen LogP contribution in [0.25, 0.3) is 0 Å². The van der Waals surface area contributed by atoms with Crippen molar-refractivity contribution in [3.05, 3.63) is 0 Å². The summed E-state index contributed by atoms with van der Waals surface area (Å²) in [5.41, 5.74) is 0. The standard InChI is InChI=1S/C17H35N3O/c1-3-9-18-16(15-21-2)14-19-12-7-17(8-13-19)20-10-5-4-6-11-20/h16-18H,3-15H2,1-2H3. The van der Waals surface area contributed by atoms with E-state index in [4.69, 9.17) is 4.74 Å². The van der Waals surface area contributed by atoms with E-state index in [0.717, 1.165) is 25.7 Å². The number of hydrogen-bond donors (Lipinski definition) is 1. The first kappa shape index (κ1) is 17.2. The van der Waals surface area contributed by atoms with Crippen LogP contribution in [0.2, 0.25) is 0 Å². The molecule has 1 atom stereocenters. The summed E-state index contributed by atoms with van der Waals surface area (Å²) >= 11 is 0. The molecule has 0 aromatic carbocycles. The summed E-state index contributed by atoms with van der Waals surface area (Å²) < 4.78 is 5.36. The first-order chi connectivity index (χ1) is 10.3. The van der Waals surface area contributed by atoms with E-state index < -0.39 is 0 Å². The lowest BCUT2D eigenvalue weighted by Gasteiger charge is -2.41. The predicted molar refractivity (Wildman–Crippen MR) is 88.8 cm³/mol. The van der Waals surface area contributed by atoms with Crippen molar-refractivity contribution in [2.24, 2.45) is 0 Å². The summed E-state index contributed by atoms with van der Waals surface area (Å²) in [6.07, 6.45) is 8.17. The minimum atomic E-state index is 0.487. The molecule has 2 fully saturated rings. The number of piperidine rings is 2. The van der Waals surface area contributed by atoms with E-state index in [-0.39, 0.29) is 0 Å². The zero-order chi connectivity index (χ0) is 14.9. The van der Waals surface area contributed by atoms with Crippen molar-refractivity contribution < 1.29 is 4.74 Å². The Labute approximate surface area is 131 Å². The van der Waals surface area contributed by atoms with Gasteiger partial charge in [-0.05, 0) is 64.8 Å². The Morgan fingerprint density at radius 1 is 1.10 bits per heavy atom. The van der Waals surface area contributed by atoms with E-state index in [2.05, 4.69) is 22.0 Å². The lowest BCUT2D eigenvalue weighted by molar-refractivity contribution is 0.0778. The van der Waals surface area contributed by atoms with Gasteiger partial charge in [0, 0.05) is 25.7 Å². The van der Waals surface area contributed by atoms with E-state index >= 15 is 0 Å². The fraction of sp³-hybridized carbons (Fsp3) is 1.00. The van der Waals surface area contributed by atoms with Gasteiger partial charge in [0.05, 0.1) is 6.61 Å². The molecule has 1 N–H and O–H groups in total. The van der Waals surface area contributed by atoms with E-state index in [0.29, 0.717) is 6.04 Å². The van der Waals surface area contributed by atoms with Crippen molar-refractivity contribution in [3.63, 3.8) is 0 Å². The van der Waals surface area contributed by atoms with Gasteiger partial charge in [0.1, 0.15) is 0 Å². The van der Waals surface area contributed by atoms with Gasteiger partial charge in [0.25, 0.3) is 0 Å². The second-order valence-corrected chi connectivity index (χ2v) is 6.73. The molecular weight excluding hydrogens is 262 g/mol. The van der Waals surface area contributed by atoms with Gasteiger partial charge >= 0.3 is 0 Å². The first-order valence-corrected chi connectivity index (χ1v) is 9.02. The third-order valence-corrected chi connectivity index (χ3v) is 4.99. The number of nitrogens with zero attached hydrogens (tertiary/aromatic N) is 2. The van der Waals surface area contributed by atoms with Crippen molar-refractivity contribution in [1.29, 1.82) is 0 Å². The molecule has 0 bridgehead atoms. The van der Waals surface area contributed by atoms with Crippen molar-refractivity contribution in [2.45, 2.75) is 57.5 Å². The molecule has 2 aliphatic rings. The third-order valence-electron chi connectivity index (χ3n) is 4.99. The number of ether oxygens (including phenoxy) is 1. The van der Waals surface area contributed by atoms with Crippen LogP contribution in [0.5, 0.6) is 0 Å². The smallest absolute Gasteiger partial charge is 0.0628 e. The van der Waals surface area contributed by atoms with Gasteiger partial charge < -0.3 is 19.9 Å². The molecule has 21 heavy (non-hydrogen) atoms. The summed E-state index contributed by atoms with van der Waals surface area (Å²) in [7, 11) is 1.81. The highest BCUT2D eigenvalue weighted by atomic mass is 16.5. The zero-order valence-electron chi connectivity index (χ0n) is 14.1. The van der Waals surface area contributed by atoms with Gasteiger partial charge in [-0.25, -0.2) is 0 Å². The highest BCUT2D eigenvalue weighted by Gasteiger charge is 2.26. The van der Waals surface area contributed by atoms with Gasteiger partial charge in [0.2, 0.25) is 0 Å². The molecule has 2 aliphatic heterocycles. The van der Waals surface area contributed by atoms with Crippen molar-refractivity contribution in [3.8, 4) is 0 Å². The third kappa shape index (κ3) is 5.85. The maximum Gasteiger partial charge on any atom is 0.0628 e. The molecule has 4 heteroatoms. The van der Waals surface area contributed by atoms with E-state index in [1.54, 1.807) is 0 Å². The SMILES string of the molecule is CCCNC(COC)CN1CCC(N2CCCCC2)CC1. The van der Waals surface area contributed by atoms with Gasteiger partial charge in [-0.2, -0.15) is 0 Å². The molecule has 124 valence electrons. The van der Waals surface area contributed by atoms with E-state index in [1.807, 2.05) is 7.11 Å². The van der Waals surface area contributed by atoms with Crippen LogP contribution in [-0.4, -0.2) is 74.9 Å². The van der Waals surface area contributed by atoms with Crippen LogP contribution in [0, 0.1) is 0 Å². The fourth-order valence-corrected chi connectivity index (χ4v) is 3.79. The Balaban J connectivity index is 1.69. The quantitative estimate of drug-likeness (QED) is 0.741. The Hall–Kier alpha value is -0.160. The van der Waals surface area contributed by atoms with Crippen LogP contribution in [0.15, 0.2) is 0 Å². The molecule has 0 spiro atoms. The molecule has 0 radical (unpaired) electrons. The Morgan fingerprint density at radius 3 is 2.43 bits per heavy atom. The summed E-state index contributed by atoms with van der Waals surface area (Å²) in [6.45, 7) is 10.5. The average molecular weight is 297 g/mol. The van der Waals surface area contributed by atoms with Crippen LogP contribution >= 0.6 is 0 Å². The van der Waals surface area contributed by atoms with Crippen LogP contribution in [-0.2, 0) is 4.74 Å². The van der Waals surface area contributed by atoms with Crippen LogP contribution in [0.3, 0.4) is 0 Å². The van der Waals surface area contributed by atoms with E-state index in [1.165, 1.54) is 64.7 Å². The maximum absolute atomic E-state index is 5.36. The van der Waals surface area contributed by atoms with Gasteiger partial charge in [-0.3, -0.25) is 0 Å². The monoisotopic (exact) mass is 297 g/mol. The molecule has 2 saturated heterocycles. The summed E-state index contributed by atoms with van der Waals surface area (Å²) in [5.74, 6) is 0. The Bertz CT molecular complexity index is 261. The minimum Gasteiger partial charge on any atom is -0.383 e. The molecule has 2 rings (SSSR count). The molecular formula is C17H35N3O. The summed E-state index contributed by atoms with van der Waals surface area (Å²) in [4.78, 5) is 5.38. The van der Waals surface area contributed by atoms with Gasteiger partial charge in [-0.15, -0.1) is 0 Å². The van der Waals surface area contributed by atoms with Crippen LogP contribution in [0.4, 0.5) is 0 Å². The molecule has 0 amide bonds. The molecule has 0 aromatic rings. The molecule has 0 saturated carbocycles. The van der Waals surface area contributed by atoms with Crippen molar-refractivity contribution >= 4 is 0 Å². The predicted octanol–water partition coefficient (Wildman–Crippen LogP) is 1.95. The summed E-state index contributed by atoms with van der Waals surface area (Å²) in [6, 6.07) is 1.34. The Morgan fingerprint density at radius 2 is 1.81 bits per heavy atom.